The second-order valence-corrected chi connectivity index (χ2v) is 6.52. The summed E-state index contributed by atoms with van der Waals surface area (Å²) in [5.74, 6) is 0.779. The molecule has 0 saturated carbocycles. The second kappa shape index (κ2) is 9.82. The van der Waals surface area contributed by atoms with Crippen LogP contribution in [0.3, 0.4) is 0 Å². The molecule has 1 amide bonds. The average molecular weight is 373 g/mol. The number of aliphatic imine (C=N–C) groups is 1. The molecule has 0 radical (unpaired) electrons. The van der Waals surface area contributed by atoms with E-state index >= 15 is 0 Å². The van der Waals surface area contributed by atoms with Gasteiger partial charge in [-0.15, -0.1) is 0 Å². The number of amides is 1. The Balaban J connectivity index is 1.82. The molecule has 2 N–H and O–H groups in total. The van der Waals surface area contributed by atoms with Crippen molar-refractivity contribution < 1.29 is 4.79 Å². The normalized spacial score (nSPS) is 11.2. The first kappa shape index (κ1) is 19.8. The summed E-state index contributed by atoms with van der Waals surface area (Å²) in [6, 6.07) is 15.7. The Morgan fingerprint density at radius 3 is 2.27 bits per heavy atom. The van der Waals surface area contributed by atoms with Crippen molar-refractivity contribution >= 4 is 29.2 Å². The standard InChI is InChI=1S/C20H25ClN4O/c1-15(26)24-19-10-6-16(7-11-19)12-13-23-20(22-2)25(3)14-17-4-8-18(21)9-5-17/h4-11H,12-14H2,1-3H3,(H,22,23)(H,24,26). The van der Waals surface area contributed by atoms with Crippen molar-refractivity contribution in [2.75, 3.05) is 26.0 Å². The van der Waals surface area contributed by atoms with Gasteiger partial charge in [-0.1, -0.05) is 35.9 Å². The number of guanidine groups is 1. The van der Waals surface area contributed by atoms with Crippen molar-refractivity contribution in [3.05, 3.63) is 64.7 Å². The summed E-state index contributed by atoms with van der Waals surface area (Å²) in [4.78, 5) is 17.5. The van der Waals surface area contributed by atoms with E-state index in [9.17, 15) is 4.79 Å². The third-order valence-electron chi connectivity index (χ3n) is 3.88. The van der Waals surface area contributed by atoms with Gasteiger partial charge in [0, 0.05) is 44.8 Å². The Bertz CT molecular complexity index is 741. The lowest BCUT2D eigenvalue weighted by molar-refractivity contribution is -0.114. The van der Waals surface area contributed by atoms with E-state index in [2.05, 4.69) is 20.5 Å². The van der Waals surface area contributed by atoms with Crippen LogP contribution in [0.1, 0.15) is 18.1 Å². The van der Waals surface area contributed by atoms with Gasteiger partial charge in [-0.25, -0.2) is 0 Å². The zero-order valence-corrected chi connectivity index (χ0v) is 16.2. The first-order chi connectivity index (χ1) is 12.5. The Hall–Kier alpha value is -2.53. The Morgan fingerprint density at radius 1 is 1.08 bits per heavy atom. The van der Waals surface area contributed by atoms with Gasteiger partial charge < -0.3 is 15.5 Å². The molecule has 2 rings (SSSR count). The molecule has 0 fully saturated rings. The van der Waals surface area contributed by atoms with Crippen LogP contribution in [0, 0.1) is 0 Å². The van der Waals surface area contributed by atoms with Crippen molar-refractivity contribution in [1.82, 2.24) is 10.2 Å². The molecule has 26 heavy (non-hydrogen) atoms. The molecule has 2 aromatic rings. The predicted octanol–water partition coefficient (Wildman–Crippen LogP) is 3.55. The Labute approximate surface area is 160 Å². The predicted molar refractivity (Wildman–Crippen MR) is 109 cm³/mol. The van der Waals surface area contributed by atoms with Crippen molar-refractivity contribution in [2.24, 2.45) is 4.99 Å². The summed E-state index contributed by atoms with van der Waals surface area (Å²) < 4.78 is 0. The van der Waals surface area contributed by atoms with Crippen LogP contribution in [-0.4, -0.2) is 37.4 Å². The van der Waals surface area contributed by atoms with E-state index in [1.807, 2.05) is 55.6 Å². The van der Waals surface area contributed by atoms with Crippen molar-refractivity contribution in [3.8, 4) is 0 Å². The minimum Gasteiger partial charge on any atom is -0.356 e. The number of hydrogen-bond acceptors (Lipinski definition) is 2. The molecule has 0 aliphatic rings. The minimum absolute atomic E-state index is 0.0630. The summed E-state index contributed by atoms with van der Waals surface area (Å²) in [5, 5.41) is 6.88. The maximum Gasteiger partial charge on any atom is 0.221 e. The number of carbonyl (C=O) groups excluding carboxylic acids is 1. The van der Waals surface area contributed by atoms with Gasteiger partial charge in [0.2, 0.25) is 5.91 Å². The number of halogens is 1. The largest absolute Gasteiger partial charge is 0.356 e. The van der Waals surface area contributed by atoms with Crippen LogP contribution in [-0.2, 0) is 17.8 Å². The number of nitrogens with zero attached hydrogens (tertiary/aromatic N) is 2. The van der Waals surface area contributed by atoms with E-state index in [0.29, 0.717) is 0 Å². The number of nitrogens with one attached hydrogen (secondary N) is 2. The highest BCUT2D eigenvalue weighted by atomic mass is 35.5. The highest BCUT2D eigenvalue weighted by Gasteiger charge is 2.06. The molecular formula is C20H25ClN4O. The van der Waals surface area contributed by atoms with Crippen molar-refractivity contribution in [3.63, 3.8) is 0 Å². The van der Waals surface area contributed by atoms with Gasteiger partial charge in [-0.2, -0.15) is 0 Å². The number of hydrogen-bond donors (Lipinski definition) is 2. The fourth-order valence-corrected chi connectivity index (χ4v) is 2.73. The van der Waals surface area contributed by atoms with E-state index in [1.165, 1.54) is 18.1 Å². The van der Waals surface area contributed by atoms with Gasteiger partial charge in [-0.3, -0.25) is 9.79 Å². The molecular weight excluding hydrogens is 348 g/mol. The number of rotatable bonds is 6. The highest BCUT2D eigenvalue weighted by Crippen LogP contribution is 2.11. The molecule has 6 heteroatoms. The van der Waals surface area contributed by atoms with Crippen LogP contribution in [0.4, 0.5) is 5.69 Å². The SMILES string of the molecule is CN=C(NCCc1ccc(NC(C)=O)cc1)N(C)Cc1ccc(Cl)cc1. The van der Waals surface area contributed by atoms with Gasteiger partial charge in [0.1, 0.15) is 0 Å². The van der Waals surface area contributed by atoms with Crippen LogP contribution in [0.2, 0.25) is 5.02 Å². The summed E-state index contributed by atoms with van der Waals surface area (Å²) in [7, 11) is 3.79. The van der Waals surface area contributed by atoms with Crippen LogP contribution in [0.5, 0.6) is 0 Å². The van der Waals surface area contributed by atoms with E-state index in [1.54, 1.807) is 7.05 Å². The molecule has 0 heterocycles. The molecule has 0 aromatic heterocycles. The molecule has 0 spiro atoms. The number of anilines is 1. The van der Waals surface area contributed by atoms with Crippen LogP contribution in [0.25, 0.3) is 0 Å². The summed E-state index contributed by atoms with van der Waals surface area (Å²) in [5.41, 5.74) is 3.18. The lowest BCUT2D eigenvalue weighted by atomic mass is 10.1. The molecule has 0 aliphatic carbocycles. The zero-order chi connectivity index (χ0) is 18.9. The lowest BCUT2D eigenvalue weighted by Crippen LogP contribution is -2.39. The smallest absolute Gasteiger partial charge is 0.221 e. The Kier molecular flexibility index (Phi) is 7.48. The summed E-state index contributed by atoms with van der Waals surface area (Å²) in [6.07, 6.45) is 0.869. The second-order valence-electron chi connectivity index (χ2n) is 6.08. The van der Waals surface area contributed by atoms with Gasteiger partial charge in [0.25, 0.3) is 0 Å². The van der Waals surface area contributed by atoms with Crippen LogP contribution >= 0.6 is 11.6 Å². The van der Waals surface area contributed by atoms with Gasteiger partial charge in [0.05, 0.1) is 0 Å². The zero-order valence-electron chi connectivity index (χ0n) is 15.4. The van der Waals surface area contributed by atoms with E-state index in [-0.39, 0.29) is 5.91 Å². The van der Waals surface area contributed by atoms with Crippen molar-refractivity contribution in [2.45, 2.75) is 19.9 Å². The van der Waals surface area contributed by atoms with Crippen LogP contribution < -0.4 is 10.6 Å². The summed E-state index contributed by atoms with van der Waals surface area (Å²) in [6.45, 7) is 3.03. The van der Waals surface area contributed by atoms with Gasteiger partial charge in [0.15, 0.2) is 5.96 Å². The maximum absolute atomic E-state index is 11.0. The molecule has 138 valence electrons. The lowest BCUT2D eigenvalue weighted by Gasteiger charge is -2.22. The summed E-state index contributed by atoms with van der Waals surface area (Å²) >= 11 is 5.93. The van der Waals surface area contributed by atoms with Gasteiger partial charge >= 0.3 is 0 Å². The van der Waals surface area contributed by atoms with E-state index < -0.39 is 0 Å². The first-order valence-corrected chi connectivity index (χ1v) is 8.88. The third kappa shape index (κ3) is 6.41. The molecule has 0 bridgehead atoms. The highest BCUT2D eigenvalue weighted by molar-refractivity contribution is 6.30. The van der Waals surface area contributed by atoms with Crippen LogP contribution in [0.15, 0.2) is 53.5 Å². The fraction of sp³-hybridized carbons (Fsp3) is 0.300. The fourth-order valence-electron chi connectivity index (χ4n) is 2.60. The quantitative estimate of drug-likeness (QED) is 0.602. The molecule has 5 nitrogen and oxygen atoms in total. The molecule has 0 atom stereocenters. The van der Waals surface area contributed by atoms with E-state index in [0.717, 1.165) is 36.2 Å². The van der Waals surface area contributed by atoms with E-state index in [4.69, 9.17) is 11.6 Å². The van der Waals surface area contributed by atoms with Crippen molar-refractivity contribution in [1.29, 1.82) is 0 Å². The Morgan fingerprint density at radius 2 is 1.69 bits per heavy atom. The molecule has 0 saturated heterocycles. The average Bonchev–Trinajstić information content (AvgIpc) is 2.61. The number of carbonyl (C=O) groups is 1. The molecule has 0 aliphatic heterocycles. The third-order valence-corrected chi connectivity index (χ3v) is 4.13. The molecule has 0 unspecified atom stereocenters. The maximum atomic E-state index is 11.0. The molecule has 2 aromatic carbocycles. The van der Waals surface area contributed by atoms with Gasteiger partial charge in [-0.05, 0) is 41.8 Å². The number of benzene rings is 2. The first-order valence-electron chi connectivity index (χ1n) is 8.50. The topological polar surface area (TPSA) is 56.7 Å². The monoisotopic (exact) mass is 372 g/mol. The minimum atomic E-state index is -0.0630.